The molecule has 4 N–H and O–H groups in total. The number of carbonyl (C=O) groups excluding carboxylic acids is 1. The van der Waals surface area contributed by atoms with Crippen molar-refractivity contribution in [2.75, 3.05) is 27.2 Å². The molecule has 148 valence electrons. The quantitative estimate of drug-likeness (QED) is 0.497. The highest BCUT2D eigenvalue weighted by Crippen LogP contribution is 2.28. The van der Waals surface area contributed by atoms with E-state index in [1.165, 1.54) is 32.1 Å². The van der Waals surface area contributed by atoms with Gasteiger partial charge in [-0.05, 0) is 51.7 Å². The van der Waals surface area contributed by atoms with Crippen LogP contribution in [0.3, 0.4) is 0 Å². The summed E-state index contributed by atoms with van der Waals surface area (Å²) in [5.41, 5.74) is 6.26. The van der Waals surface area contributed by atoms with Gasteiger partial charge < -0.3 is 21.1 Å². The highest BCUT2D eigenvalue weighted by atomic mass is 16.3. The first-order valence-corrected chi connectivity index (χ1v) is 10.2. The van der Waals surface area contributed by atoms with E-state index in [0.29, 0.717) is 18.9 Å². The van der Waals surface area contributed by atoms with Gasteiger partial charge in [-0.1, -0.05) is 46.0 Å². The Bertz CT molecular complexity index is 368. The number of nitrogens with zero attached hydrogens (tertiary/aromatic N) is 1. The van der Waals surface area contributed by atoms with E-state index in [2.05, 4.69) is 10.2 Å². The summed E-state index contributed by atoms with van der Waals surface area (Å²) in [6.07, 6.45) is 8.07. The standard InChI is InChI=1S/C20H41N3O2/c1-15(2)17(20(25)22-11-8-12-23(3)4)14-19(24)18(21)13-16-9-6-5-7-10-16/h15-19,24H,5-14,21H2,1-4H3,(H,22,25)/t17-,18-,19-/m0/s1. The van der Waals surface area contributed by atoms with Crippen molar-refractivity contribution >= 4 is 5.91 Å². The highest BCUT2D eigenvalue weighted by molar-refractivity contribution is 5.78. The summed E-state index contributed by atoms with van der Waals surface area (Å²) in [4.78, 5) is 14.6. The molecule has 0 saturated heterocycles. The lowest BCUT2D eigenvalue weighted by Crippen LogP contribution is -2.42. The lowest BCUT2D eigenvalue weighted by atomic mass is 9.81. The van der Waals surface area contributed by atoms with Crippen LogP contribution in [-0.2, 0) is 4.79 Å². The summed E-state index contributed by atoms with van der Waals surface area (Å²) in [5, 5.41) is 13.6. The molecule has 25 heavy (non-hydrogen) atoms. The minimum absolute atomic E-state index is 0.0534. The van der Waals surface area contributed by atoms with Crippen LogP contribution in [-0.4, -0.2) is 55.2 Å². The largest absolute Gasteiger partial charge is 0.391 e. The monoisotopic (exact) mass is 355 g/mol. The smallest absolute Gasteiger partial charge is 0.223 e. The van der Waals surface area contributed by atoms with Gasteiger partial charge in [-0.15, -0.1) is 0 Å². The van der Waals surface area contributed by atoms with Gasteiger partial charge in [0.25, 0.3) is 0 Å². The Morgan fingerprint density at radius 1 is 1.24 bits per heavy atom. The first kappa shape index (κ1) is 22.4. The molecule has 1 amide bonds. The molecule has 0 aromatic carbocycles. The first-order chi connectivity index (χ1) is 11.8. The summed E-state index contributed by atoms with van der Waals surface area (Å²) < 4.78 is 0. The summed E-state index contributed by atoms with van der Waals surface area (Å²) in [6.45, 7) is 5.73. The molecule has 1 fully saturated rings. The lowest BCUT2D eigenvalue weighted by Gasteiger charge is -2.29. The molecule has 0 aliphatic heterocycles. The van der Waals surface area contributed by atoms with Crippen molar-refractivity contribution in [1.82, 2.24) is 10.2 Å². The molecule has 3 atom stereocenters. The van der Waals surface area contributed by atoms with Crippen LogP contribution in [0.25, 0.3) is 0 Å². The third-order valence-corrected chi connectivity index (χ3v) is 5.54. The summed E-state index contributed by atoms with van der Waals surface area (Å²) in [7, 11) is 4.06. The number of nitrogens with two attached hydrogens (primary N) is 1. The van der Waals surface area contributed by atoms with Gasteiger partial charge in [-0.3, -0.25) is 4.79 Å². The zero-order valence-electron chi connectivity index (χ0n) is 16.8. The van der Waals surface area contributed by atoms with Gasteiger partial charge in [0.15, 0.2) is 0 Å². The van der Waals surface area contributed by atoms with Gasteiger partial charge in [-0.25, -0.2) is 0 Å². The van der Waals surface area contributed by atoms with Crippen molar-refractivity contribution in [3.05, 3.63) is 0 Å². The van der Waals surface area contributed by atoms with E-state index in [0.717, 1.165) is 19.4 Å². The molecule has 0 aromatic rings. The predicted molar refractivity (Wildman–Crippen MR) is 104 cm³/mol. The van der Waals surface area contributed by atoms with Crippen molar-refractivity contribution in [2.24, 2.45) is 23.5 Å². The molecule has 0 bridgehead atoms. The average molecular weight is 356 g/mol. The van der Waals surface area contributed by atoms with Crippen LogP contribution in [0.2, 0.25) is 0 Å². The van der Waals surface area contributed by atoms with Gasteiger partial charge in [0.2, 0.25) is 5.91 Å². The molecular weight excluding hydrogens is 314 g/mol. The van der Waals surface area contributed by atoms with Crippen LogP contribution in [0.1, 0.15) is 65.2 Å². The van der Waals surface area contributed by atoms with Crippen LogP contribution >= 0.6 is 0 Å². The Morgan fingerprint density at radius 3 is 2.44 bits per heavy atom. The van der Waals surface area contributed by atoms with Crippen molar-refractivity contribution in [1.29, 1.82) is 0 Å². The Hall–Kier alpha value is -0.650. The number of rotatable bonds is 11. The second kappa shape index (κ2) is 11.9. The molecular formula is C20H41N3O2. The molecule has 5 nitrogen and oxygen atoms in total. The normalized spacial score (nSPS) is 19.8. The maximum absolute atomic E-state index is 12.5. The van der Waals surface area contributed by atoms with Crippen molar-refractivity contribution in [3.63, 3.8) is 0 Å². The van der Waals surface area contributed by atoms with E-state index < -0.39 is 6.10 Å². The third-order valence-electron chi connectivity index (χ3n) is 5.54. The molecule has 1 saturated carbocycles. The SMILES string of the molecule is CC(C)[C@H](C[C@H](O)[C@@H](N)CC1CCCCC1)C(=O)NCCCN(C)C. The Balaban J connectivity index is 2.41. The number of hydrogen-bond acceptors (Lipinski definition) is 4. The Morgan fingerprint density at radius 2 is 1.88 bits per heavy atom. The average Bonchev–Trinajstić information content (AvgIpc) is 2.56. The summed E-state index contributed by atoms with van der Waals surface area (Å²) in [5.74, 6) is 0.727. The maximum Gasteiger partial charge on any atom is 0.223 e. The summed E-state index contributed by atoms with van der Waals surface area (Å²) in [6, 6.07) is -0.217. The minimum atomic E-state index is -0.596. The zero-order chi connectivity index (χ0) is 18.8. The van der Waals surface area contributed by atoms with E-state index in [1.54, 1.807) is 0 Å². The first-order valence-electron chi connectivity index (χ1n) is 10.2. The van der Waals surface area contributed by atoms with Crippen LogP contribution in [0.15, 0.2) is 0 Å². The van der Waals surface area contributed by atoms with Gasteiger partial charge in [-0.2, -0.15) is 0 Å². The van der Waals surface area contributed by atoms with E-state index in [4.69, 9.17) is 5.73 Å². The number of nitrogens with one attached hydrogen (secondary N) is 1. The molecule has 0 unspecified atom stereocenters. The molecule has 1 aliphatic rings. The van der Waals surface area contributed by atoms with Gasteiger partial charge >= 0.3 is 0 Å². The molecule has 0 radical (unpaired) electrons. The number of amides is 1. The number of hydrogen-bond donors (Lipinski definition) is 3. The van der Waals surface area contributed by atoms with Crippen LogP contribution in [0.4, 0.5) is 0 Å². The second-order valence-corrected chi connectivity index (χ2v) is 8.51. The maximum atomic E-state index is 12.5. The highest BCUT2D eigenvalue weighted by Gasteiger charge is 2.29. The third kappa shape index (κ3) is 9.02. The van der Waals surface area contributed by atoms with Gasteiger partial charge in [0, 0.05) is 18.5 Å². The number of carbonyl (C=O) groups is 1. The predicted octanol–water partition coefficient (Wildman–Crippen LogP) is 2.38. The van der Waals surface area contributed by atoms with E-state index >= 15 is 0 Å². The van der Waals surface area contributed by atoms with Crippen LogP contribution in [0, 0.1) is 17.8 Å². The van der Waals surface area contributed by atoms with Crippen molar-refractivity contribution in [2.45, 2.75) is 77.4 Å². The molecule has 1 rings (SSSR count). The topological polar surface area (TPSA) is 78.6 Å². The molecule has 0 heterocycles. The van der Waals surface area contributed by atoms with Crippen LogP contribution < -0.4 is 11.1 Å². The van der Waals surface area contributed by atoms with E-state index in [-0.39, 0.29) is 23.8 Å². The van der Waals surface area contributed by atoms with E-state index in [1.807, 2.05) is 27.9 Å². The van der Waals surface area contributed by atoms with Gasteiger partial charge in [0.1, 0.15) is 0 Å². The second-order valence-electron chi connectivity index (χ2n) is 8.51. The Labute approximate surface area is 154 Å². The Kier molecular flexibility index (Phi) is 10.6. The fourth-order valence-corrected chi connectivity index (χ4v) is 3.82. The van der Waals surface area contributed by atoms with Crippen molar-refractivity contribution in [3.8, 4) is 0 Å². The van der Waals surface area contributed by atoms with Crippen molar-refractivity contribution < 1.29 is 9.90 Å². The zero-order valence-corrected chi connectivity index (χ0v) is 16.8. The summed E-state index contributed by atoms with van der Waals surface area (Å²) >= 11 is 0. The van der Waals surface area contributed by atoms with Gasteiger partial charge in [0.05, 0.1) is 6.10 Å². The number of aliphatic hydroxyl groups is 1. The fraction of sp³-hybridized carbons (Fsp3) is 0.950. The molecule has 0 spiro atoms. The minimum Gasteiger partial charge on any atom is -0.391 e. The van der Waals surface area contributed by atoms with E-state index in [9.17, 15) is 9.90 Å². The number of aliphatic hydroxyl groups excluding tert-OH is 1. The van der Waals surface area contributed by atoms with Crippen LogP contribution in [0.5, 0.6) is 0 Å². The molecule has 1 aliphatic carbocycles. The fourth-order valence-electron chi connectivity index (χ4n) is 3.82. The molecule has 0 aromatic heterocycles. The molecule has 5 heteroatoms. The lowest BCUT2D eigenvalue weighted by molar-refractivity contribution is -0.127.